The molecule has 0 nitrogen and oxygen atoms in total. The molecule has 0 bridgehead atoms. The zero-order valence-electron chi connectivity index (χ0n) is 26.8. The van der Waals surface area contributed by atoms with Gasteiger partial charge in [0.1, 0.15) is 0 Å². The molecule has 3 heteroatoms. The second-order valence-corrected chi connectivity index (χ2v) is 13.4. The van der Waals surface area contributed by atoms with Crippen LogP contribution in [0.15, 0.2) is 120 Å². The zero-order chi connectivity index (χ0) is 29.9. The molecular weight excluding hydrogens is 655 g/mol. The van der Waals surface area contributed by atoms with Crippen LogP contribution in [0, 0.1) is 11.3 Å². The third-order valence-corrected chi connectivity index (χ3v) is 10.6. The Kier molecular flexibility index (Phi) is 13.0. The Balaban J connectivity index is 0.000000280. The molecule has 0 N–H and O–H groups in total. The maximum atomic E-state index is 3.90. The molecular formula is C41H43Cl2Zr-. The summed E-state index contributed by atoms with van der Waals surface area (Å²) in [5.74, 6) is 1.07. The van der Waals surface area contributed by atoms with E-state index in [1.54, 1.807) is 0 Å². The Morgan fingerprint density at radius 1 is 0.886 bits per heavy atom. The number of rotatable bonds is 7. The Morgan fingerprint density at radius 3 is 1.98 bits per heavy atom. The van der Waals surface area contributed by atoms with Crippen molar-refractivity contribution in [2.24, 2.45) is 11.3 Å². The molecule has 3 aromatic carbocycles. The summed E-state index contributed by atoms with van der Waals surface area (Å²) in [4.78, 5) is 0. The van der Waals surface area contributed by atoms with Crippen molar-refractivity contribution in [1.82, 2.24) is 0 Å². The molecule has 1 unspecified atom stereocenters. The third-order valence-electron chi connectivity index (χ3n) is 9.15. The van der Waals surface area contributed by atoms with Crippen LogP contribution in [0.2, 0.25) is 0 Å². The molecule has 44 heavy (non-hydrogen) atoms. The second kappa shape index (κ2) is 15.8. The van der Waals surface area contributed by atoms with E-state index in [0.717, 1.165) is 19.3 Å². The minimum atomic E-state index is 0. The number of hydrogen-bond acceptors (Lipinski definition) is 0. The Bertz CT molecular complexity index is 1680. The van der Waals surface area contributed by atoms with E-state index in [-0.39, 0.29) is 30.2 Å². The molecule has 0 amide bonds. The van der Waals surface area contributed by atoms with Crippen LogP contribution >= 0.6 is 0 Å². The van der Waals surface area contributed by atoms with E-state index >= 15 is 0 Å². The number of halogens is 2. The summed E-state index contributed by atoms with van der Waals surface area (Å²) in [6.45, 7) is 14.0. The molecule has 226 valence electrons. The van der Waals surface area contributed by atoms with Crippen molar-refractivity contribution in [3.8, 4) is 0 Å². The molecule has 0 saturated carbocycles. The summed E-state index contributed by atoms with van der Waals surface area (Å²) in [7, 11) is 0. The standard InChI is InChI=1S/C28H33.C13H10.2ClH.Zr/c1-7-20-15-22-17-25-23(26(22)24(16-20)18(3)4)13-14-28(8-2,19(5)6)27(25)21-11-9-10-12-21;1-3-7-12(8-4-1)11-13-9-5-2-6-10-13;;;/h9-11,13-16,18-19H,7-8,12H2,1-6H3;1-10H;2*1H;/q-1;;;;+2/p-2. The Labute approximate surface area is 292 Å². The molecule has 1 atom stereocenters. The molecule has 0 saturated heterocycles. The summed E-state index contributed by atoms with van der Waals surface area (Å²) in [6, 6.07) is 25.9. The molecule has 3 aliphatic rings. The fourth-order valence-corrected chi connectivity index (χ4v) is 7.50. The van der Waals surface area contributed by atoms with Gasteiger partial charge in [-0.15, -0.1) is 33.7 Å². The number of benzene rings is 3. The molecule has 3 aromatic rings. The fourth-order valence-electron chi connectivity index (χ4n) is 6.68. The van der Waals surface area contributed by atoms with Crippen molar-refractivity contribution >= 4 is 14.9 Å². The van der Waals surface area contributed by atoms with Crippen LogP contribution in [-0.2, 0) is 30.7 Å². The van der Waals surface area contributed by atoms with Gasteiger partial charge in [0.15, 0.2) is 0 Å². The van der Waals surface area contributed by atoms with E-state index in [4.69, 9.17) is 0 Å². The molecule has 0 radical (unpaired) electrons. The van der Waals surface area contributed by atoms with Crippen molar-refractivity contribution in [3.05, 3.63) is 153 Å². The van der Waals surface area contributed by atoms with E-state index in [1.165, 1.54) is 82.4 Å². The van der Waals surface area contributed by atoms with Crippen molar-refractivity contribution in [1.29, 1.82) is 0 Å². The first-order valence-corrected chi connectivity index (χ1v) is 16.8. The number of fused-ring (bicyclic) bond motifs is 2. The van der Waals surface area contributed by atoms with Gasteiger partial charge in [-0.05, 0) is 36.5 Å². The van der Waals surface area contributed by atoms with Gasteiger partial charge in [-0.2, -0.15) is 0 Å². The van der Waals surface area contributed by atoms with Gasteiger partial charge >= 0.3 is 99.2 Å². The molecule has 0 fully saturated rings. The van der Waals surface area contributed by atoms with Crippen molar-refractivity contribution in [3.63, 3.8) is 0 Å². The van der Waals surface area contributed by atoms with Gasteiger partial charge in [-0.25, -0.2) is 0 Å². The Morgan fingerprint density at radius 2 is 1.50 bits per heavy atom. The van der Waals surface area contributed by atoms with Crippen LogP contribution in [0.1, 0.15) is 82.6 Å². The molecule has 0 spiro atoms. The monoisotopic (exact) mass is 695 g/mol. The first kappa shape index (κ1) is 36.2. The van der Waals surface area contributed by atoms with E-state index in [9.17, 15) is 0 Å². The molecule has 0 heterocycles. The Hall–Kier alpha value is -2.31. The molecule has 0 aromatic heterocycles. The quantitative estimate of drug-likeness (QED) is 0.334. The summed E-state index contributed by atoms with van der Waals surface area (Å²) in [5.41, 5.74) is 11.4. The van der Waals surface area contributed by atoms with Crippen LogP contribution in [0.5, 0.6) is 0 Å². The van der Waals surface area contributed by atoms with E-state index in [0.29, 0.717) is 11.8 Å². The van der Waals surface area contributed by atoms with Gasteiger partial charge in [0, 0.05) is 0 Å². The summed E-state index contributed by atoms with van der Waals surface area (Å²) >= 11 is 1.46. The average Bonchev–Trinajstić information content (AvgIpc) is 3.68. The van der Waals surface area contributed by atoms with Gasteiger partial charge < -0.3 is 24.8 Å². The van der Waals surface area contributed by atoms with Crippen LogP contribution in [0.3, 0.4) is 0 Å². The number of allylic oxidation sites excluding steroid dienone is 8. The maximum absolute atomic E-state index is 3.90. The van der Waals surface area contributed by atoms with Crippen molar-refractivity contribution in [2.45, 2.75) is 66.7 Å². The first-order valence-electron chi connectivity index (χ1n) is 15.6. The van der Waals surface area contributed by atoms with Gasteiger partial charge in [0.05, 0.1) is 0 Å². The van der Waals surface area contributed by atoms with Gasteiger partial charge in [-0.3, -0.25) is 0 Å². The van der Waals surface area contributed by atoms with Crippen LogP contribution in [0.4, 0.5) is 0 Å². The topological polar surface area (TPSA) is 0 Å². The predicted octanol–water partition coefficient (Wildman–Crippen LogP) is 2.81. The average molecular weight is 698 g/mol. The zero-order valence-corrected chi connectivity index (χ0v) is 30.8. The summed E-state index contributed by atoms with van der Waals surface area (Å²) < 4.78 is 1.42. The molecule has 3 aliphatic carbocycles. The molecule has 6 rings (SSSR count). The van der Waals surface area contributed by atoms with Crippen LogP contribution < -0.4 is 35.3 Å². The second-order valence-electron chi connectivity index (χ2n) is 12.2. The third kappa shape index (κ3) is 7.07. The van der Waals surface area contributed by atoms with Gasteiger partial charge in [0.25, 0.3) is 0 Å². The van der Waals surface area contributed by atoms with E-state index in [1.807, 2.05) is 0 Å². The summed E-state index contributed by atoms with van der Waals surface area (Å²) in [5, 5.41) is 2.73. The van der Waals surface area contributed by atoms with Gasteiger partial charge in [0.2, 0.25) is 0 Å². The molecule has 0 aliphatic heterocycles. The van der Waals surface area contributed by atoms with Crippen molar-refractivity contribution < 1.29 is 49.0 Å². The van der Waals surface area contributed by atoms with E-state index < -0.39 is 0 Å². The first-order chi connectivity index (χ1) is 20.3. The van der Waals surface area contributed by atoms with Crippen molar-refractivity contribution in [2.75, 3.05) is 0 Å². The SMILES string of the molecule is CCc1cc(C(C)C)c2c(c1)=[C-]C1=C(C3=CC=CC3)C(CC)(C(C)C)C=CC=21.[Cl-].[Cl-].[Zr+2]=[C](c1ccccc1)c1ccccc1. The number of hydrogen-bond donors (Lipinski definition) is 0. The normalized spacial score (nSPS) is 17.7. The van der Waals surface area contributed by atoms with Crippen LogP contribution in [-0.4, -0.2) is 3.21 Å². The van der Waals surface area contributed by atoms with Gasteiger partial charge in [-0.1, -0.05) is 100 Å². The van der Waals surface area contributed by atoms with Crippen LogP contribution in [0.25, 0.3) is 11.6 Å². The predicted molar refractivity (Wildman–Crippen MR) is 178 cm³/mol. The summed E-state index contributed by atoms with van der Waals surface area (Å²) in [6.07, 6.45) is 18.9. The fraction of sp³-hybridized carbons (Fsp3) is 0.293. The number of aryl methyl sites for hydroxylation is 1. The van der Waals surface area contributed by atoms with E-state index in [2.05, 4.69) is 151 Å². The minimum absolute atomic E-state index is 0.